The maximum absolute atomic E-state index is 4.70. The van der Waals surface area contributed by atoms with Crippen LogP contribution in [0.3, 0.4) is 0 Å². The minimum absolute atomic E-state index is 0.540. The van der Waals surface area contributed by atoms with E-state index in [4.69, 9.17) is 4.98 Å². The van der Waals surface area contributed by atoms with E-state index in [9.17, 15) is 0 Å². The van der Waals surface area contributed by atoms with Gasteiger partial charge in [-0.1, -0.05) is 12.1 Å². The van der Waals surface area contributed by atoms with Gasteiger partial charge in [0.1, 0.15) is 5.82 Å². The molecule has 3 aliphatic heterocycles. The van der Waals surface area contributed by atoms with Crippen molar-refractivity contribution in [2.75, 3.05) is 43.5 Å². The van der Waals surface area contributed by atoms with Crippen LogP contribution < -0.4 is 21.3 Å². The molecule has 1 aromatic carbocycles. The van der Waals surface area contributed by atoms with E-state index in [0.717, 1.165) is 68.6 Å². The topological polar surface area (TPSA) is 90.0 Å². The van der Waals surface area contributed by atoms with E-state index < -0.39 is 0 Å². The molecular weight excluding hydrogens is 400 g/mol. The van der Waals surface area contributed by atoms with Crippen molar-refractivity contribution in [3.8, 4) is 11.3 Å². The summed E-state index contributed by atoms with van der Waals surface area (Å²) in [6.07, 6.45) is 5.86. The summed E-state index contributed by atoms with van der Waals surface area (Å²) in [7, 11) is 0. The summed E-state index contributed by atoms with van der Waals surface area (Å²) in [5, 5.41) is 13.9. The van der Waals surface area contributed by atoms with Crippen molar-refractivity contribution in [2.24, 2.45) is 0 Å². The van der Waals surface area contributed by atoms with Crippen LogP contribution in [0.5, 0.6) is 0 Å². The lowest BCUT2D eigenvalue weighted by molar-refractivity contribution is 0.319. The number of hydrogen-bond acceptors (Lipinski definition) is 8. The fraction of sp³-hybridized carbons (Fsp3) is 0.375. The molecule has 32 heavy (non-hydrogen) atoms. The molecule has 3 aromatic rings. The summed E-state index contributed by atoms with van der Waals surface area (Å²) >= 11 is 0. The number of benzene rings is 1. The van der Waals surface area contributed by atoms with E-state index in [1.54, 1.807) is 6.20 Å². The van der Waals surface area contributed by atoms with Gasteiger partial charge in [0.15, 0.2) is 0 Å². The lowest BCUT2D eigenvalue weighted by atomic mass is 10.2. The van der Waals surface area contributed by atoms with Crippen molar-refractivity contribution in [1.82, 2.24) is 30.5 Å². The second kappa shape index (κ2) is 10.0. The predicted octanol–water partition coefficient (Wildman–Crippen LogP) is 2.81. The molecule has 5 heterocycles. The minimum Gasteiger partial charge on any atom is -0.370 e. The SMILES string of the molecule is c1cc2cc(c1)Nc1nccc(n1)-c1ccc(nc1)NCCCNCNC1CCN(C2)C1. The first kappa shape index (κ1) is 20.8. The standard InChI is InChI=1S/C24H30N8/c1-3-18-13-20(4-1)30-24-27-11-7-22(31-24)19-5-6-23(28-14-19)26-10-2-9-25-17-29-21-8-12-32(15-18)16-21/h1,3-7,11,13-14,21,25,29H,2,8-10,12,15-17H2,(H,26,28)(H,27,30,31). The summed E-state index contributed by atoms with van der Waals surface area (Å²) < 4.78 is 0. The molecule has 0 spiro atoms. The third-order valence-corrected chi connectivity index (χ3v) is 5.93. The zero-order valence-electron chi connectivity index (χ0n) is 18.2. The third kappa shape index (κ3) is 5.40. The van der Waals surface area contributed by atoms with E-state index in [2.05, 4.69) is 60.4 Å². The van der Waals surface area contributed by atoms with Crippen molar-refractivity contribution in [2.45, 2.75) is 25.4 Å². The number of fused-ring (bicyclic) bond motifs is 8. The zero-order valence-corrected chi connectivity index (χ0v) is 18.2. The second-order valence-electron chi connectivity index (χ2n) is 8.40. The molecule has 166 valence electrons. The third-order valence-electron chi connectivity index (χ3n) is 5.93. The highest BCUT2D eigenvalue weighted by atomic mass is 15.2. The molecule has 6 rings (SSSR count). The minimum atomic E-state index is 0.540. The molecule has 1 fully saturated rings. The summed E-state index contributed by atoms with van der Waals surface area (Å²) in [6.45, 7) is 5.85. The first-order valence-corrected chi connectivity index (χ1v) is 11.4. The molecule has 1 saturated heterocycles. The van der Waals surface area contributed by atoms with E-state index in [1.807, 2.05) is 24.4 Å². The van der Waals surface area contributed by atoms with Gasteiger partial charge < -0.3 is 21.3 Å². The summed E-state index contributed by atoms with van der Waals surface area (Å²) in [6, 6.07) is 15.0. The number of rotatable bonds is 0. The predicted molar refractivity (Wildman–Crippen MR) is 128 cm³/mol. The fourth-order valence-corrected chi connectivity index (χ4v) is 4.24. The van der Waals surface area contributed by atoms with Gasteiger partial charge in [-0.25, -0.2) is 15.0 Å². The number of hydrogen-bond donors (Lipinski definition) is 4. The molecule has 3 aliphatic rings. The van der Waals surface area contributed by atoms with Crippen LogP contribution >= 0.6 is 0 Å². The van der Waals surface area contributed by atoms with E-state index in [0.29, 0.717) is 12.0 Å². The van der Waals surface area contributed by atoms with Crippen molar-refractivity contribution < 1.29 is 0 Å². The highest BCUT2D eigenvalue weighted by Gasteiger charge is 2.21. The van der Waals surface area contributed by atoms with E-state index in [1.165, 1.54) is 12.0 Å². The number of nitrogens with zero attached hydrogens (tertiary/aromatic N) is 4. The van der Waals surface area contributed by atoms with Gasteiger partial charge in [0.2, 0.25) is 5.95 Å². The molecular formula is C24H30N8. The van der Waals surface area contributed by atoms with Crippen LogP contribution in [0, 0.1) is 0 Å². The molecule has 2 atom stereocenters. The number of anilines is 3. The Balaban J connectivity index is 1.36. The van der Waals surface area contributed by atoms with Gasteiger partial charge in [0, 0.05) is 62.5 Å². The van der Waals surface area contributed by atoms with Crippen molar-refractivity contribution in [3.63, 3.8) is 0 Å². The van der Waals surface area contributed by atoms with Crippen LogP contribution in [0.15, 0.2) is 54.9 Å². The van der Waals surface area contributed by atoms with Crippen molar-refractivity contribution in [3.05, 3.63) is 60.4 Å². The van der Waals surface area contributed by atoms with Crippen LogP contribution in [-0.2, 0) is 6.54 Å². The first-order chi connectivity index (χ1) is 15.8. The van der Waals surface area contributed by atoms with Gasteiger partial charge in [-0.15, -0.1) is 0 Å². The van der Waals surface area contributed by atoms with Crippen LogP contribution in [0.1, 0.15) is 18.4 Å². The average Bonchev–Trinajstić information content (AvgIpc) is 3.26. The Morgan fingerprint density at radius 3 is 2.97 bits per heavy atom. The van der Waals surface area contributed by atoms with Gasteiger partial charge in [-0.3, -0.25) is 4.90 Å². The van der Waals surface area contributed by atoms with E-state index >= 15 is 0 Å². The average molecular weight is 431 g/mol. The zero-order chi connectivity index (χ0) is 21.6. The lowest BCUT2D eigenvalue weighted by Gasteiger charge is -2.18. The Morgan fingerprint density at radius 2 is 2.03 bits per heavy atom. The molecule has 0 radical (unpaired) electrons. The number of pyridine rings is 1. The lowest BCUT2D eigenvalue weighted by Crippen LogP contribution is -2.39. The van der Waals surface area contributed by atoms with Gasteiger partial charge in [-0.2, -0.15) is 0 Å². The Kier molecular flexibility index (Phi) is 6.53. The molecule has 0 saturated carbocycles. The normalized spacial score (nSPS) is 21.6. The van der Waals surface area contributed by atoms with E-state index in [-0.39, 0.29) is 0 Å². The Hall–Kier alpha value is -3.07. The Labute approximate surface area is 188 Å². The molecule has 4 N–H and O–H groups in total. The molecule has 8 bridgehead atoms. The summed E-state index contributed by atoms with van der Waals surface area (Å²) in [5.74, 6) is 1.46. The van der Waals surface area contributed by atoms with Crippen molar-refractivity contribution >= 4 is 17.5 Å². The van der Waals surface area contributed by atoms with Crippen LogP contribution in [0.2, 0.25) is 0 Å². The van der Waals surface area contributed by atoms with Crippen LogP contribution in [0.4, 0.5) is 17.5 Å². The van der Waals surface area contributed by atoms with Gasteiger partial charge in [0.25, 0.3) is 0 Å². The highest BCUT2D eigenvalue weighted by molar-refractivity contribution is 5.62. The molecule has 2 unspecified atom stereocenters. The maximum atomic E-state index is 4.70. The summed E-state index contributed by atoms with van der Waals surface area (Å²) in [4.78, 5) is 16.2. The van der Waals surface area contributed by atoms with Gasteiger partial charge in [-0.05, 0) is 55.3 Å². The number of nitrogens with one attached hydrogen (secondary N) is 4. The largest absolute Gasteiger partial charge is 0.370 e. The van der Waals surface area contributed by atoms with Gasteiger partial charge in [0.05, 0.1) is 5.69 Å². The molecule has 0 amide bonds. The van der Waals surface area contributed by atoms with Crippen molar-refractivity contribution in [1.29, 1.82) is 0 Å². The first-order valence-electron chi connectivity index (χ1n) is 11.4. The summed E-state index contributed by atoms with van der Waals surface area (Å²) in [5.41, 5.74) is 4.10. The Morgan fingerprint density at radius 1 is 1.03 bits per heavy atom. The second-order valence-corrected chi connectivity index (χ2v) is 8.40. The fourth-order valence-electron chi connectivity index (χ4n) is 4.24. The van der Waals surface area contributed by atoms with Gasteiger partial charge >= 0.3 is 0 Å². The molecule has 2 aromatic heterocycles. The smallest absolute Gasteiger partial charge is 0.227 e. The Bertz CT molecular complexity index is 1020. The molecule has 8 nitrogen and oxygen atoms in total. The molecule has 0 aliphatic carbocycles. The van der Waals surface area contributed by atoms with Crippen LogP contribution in [0.25, 0.3) is 11.3 Å². The van der Waals surface area contributed by atoms with Crippen LogP contribution in [-0.4, -0.2) is 58.7 Å². The number of aromatic nitrogens is 3. The highest BCUT2D eigenvalue weighted by Crippen LogP contribution is 2.21. The maximum Gasteiger partial charge on any atom is 0.227 e. The monoisotopic (exact) mass is 430 g/mol. The quantitative estimate of drug-likeness (QED) is 0.433. The molecule has 8 heteroatoms.